The molecule has 0 radical (unpaired) electrons. The second kappa shape index (κ2) is 6.19. The van der Waals surface area contributed by atoms with Crippen LogP contribution in [0.15, 0.2) is 12.3 Å². The number of ether oxygens (including phenoxy) is 1. The van der Waals surface area contributed by atoms with Crippen LogP contribution >= 0.6 is 0 Å². The van der Waals surface area contributed by atoms with Gasteiger partial charge in [-0.1, -0.05) is 0 Å². The van der Waals surface area contributed by atoms with Gasteiger partial charge in [-0.25, -0.2) is 0 Å². The van der Waals surface area contributed by atoms with Crippen LogP contribution in [0.3, 0.4) is 0 Å². The Morgan fingerprint density at radius 1 is 1.67 bits per heavy atom. The zero-order valence-corrected chi connectivity index (χ0v) is 9.19. The molecule has 0 spiro atoms. The number of hydrogen-bond donors (Lipinski definition) is 1. The van der Waals surface area contributed by atoms with Crippen molar-refractivity contribution in [3.8, 4) is 0 Å². The van der Waals surface area contributed by atoms with E-state index >= 15 is 0 Å². The summed E-state index contributed by atoms with van der Waals surface area (Å²) < 4.78 is 6.64. The molecule has 0 saturated carbocycles. The Morgan fingerprint density at radius 2 is 2.47 bits per heavy atom. The molecule has 5 heteroatoms. The van der Waals surface area contributed by atoms with Gasteiger partial charge in [0.05, 0.1) is 6.61 Å². The third-order valence-electron chi connectivity index (χ3n) is 2.11. The Morgan fingerprint density at radius 3 is 3.07 bits per heavy atom. The van der Waals surface area contributed by atoms with Gasteiger partial charge in [-0.3, -0.25) is 9.48 Å². The fourth-order valence-electron chi connectivity index (χ4n) is 1.22. The molecule has 0 fully saturated rings. The maximum atomic E-state index is 11.3. The molecule has 1 heterocycles. The zero-order chi connectivity index (χ0) is 11.1. The van der Waals surface area contributed by atoms with Crippen LogP contribution in [0, 0.1) is 6.92 Å². The first-order chi connectivity index (χ1) is 7.24. The summed E-state index contributed by atoms with van der Waals surface area (Å²) in [6, 6.07) is 1.92. The highest BCUT2D eigenvalue weighted by Gasteiger charge is 2.02. The summed E-state index contributed by atoms with van der Waals surface area (Å²) in [5.74, 6) is 0.0296. The maximum Gasteiger partial charge on any atom is 0.221 e. The minimum Gasteiger partial charge on any atom is -0.383 e. The molecule has 1 amide bonds. The largest absolute Gasteiger partial charge is 0.383 e. The molecule has 0 aliphatic carbocycles. The third-order valence-corrected chi connectivity index (χ3v) is 2.11. The normalized spacial score (nSPS) is 10.3. The van der Waals surface area contributed by atoms with Gasteiger partial charge in [0, 0.05) is 38.5 Å². The van der Waals surface area contributed by atoms with Crippen molar-refractivity contribution in [3.63, 3.8) is 0 Å². The van der Waals surface area contributed by atoms with E-state index in [4.69, 9.17) is 4.74 Å². The third kappa shape index (κ3) is 4.12. The Hall–Kier alpha value is -1.36. The summed E-state index contributed by atoms with van der Waals surface area (Å²) in [5, 5.41) is 6.86. The first-order valence-corrected chi connectivity index (χ1v) is 4.98. The lowest BCUT2D eigenvalue weighted by molar-refractivity contribution is -0.121. The molecule has 0 bridgehead atoms. The van der Waals surface area contributed by atoms with Crippen LogP contribution < -0.4 is 5.32 Å². The number of hydrogen-bond acceptors (Lipinski definition) is 3. The van der Waals surface area contributed by atoms with E-state index in [9.17, 15) is 4.79 Å². The number of methoxy groups -OCH3 is 1. The smallest absolute Gasteiger partial charge is 0.221 e. The molecule has 1 aromatic heterocycles. The van der Waals surface area contributed by atoms with Crippen molar-refractivity contribution in [1.82, 2.24) is 15.1 Å². The molecule has 0 aromatic carbocycles. The van der Waals surface area contributed by atoms with E-state index in [1.54, 1.807) is 13.3 Å². The molecule has 1 aromatic rings. The molecule has 0 aliphatic rings. The standard InChI is InChI=1S/C10H17N3O2/c1-9-3-5-12-13(9)7-4-10(14)11-6-8-15-2/h3,5H,4,6-8H2,1-2H3,(H,11,14). The van der Waals surface area contributed by atoms with E-state index in [0.717, 1.165) is 5.69 Å². The molecule has 0 atom stereocenters. The van der Waals surface area contributed by atoms with Gasteiger partial charge in [-0.2, -0.15) is 5.10 Å². The summed E-state index contributed by atoms with van der Waals surface area (Å²) in [4.78, 5) is 11.3. The van der Waals surface area contributed by atoms with Gasteiger partial charge in [0.2, 0.25) is 5.91 Å². The van der Waals surface area contributed by atoms with E-state index in [1.807, 2.05) is 17.7 Å². The van der Waals surface area contributed by atoms with Crippen LogP contribution in [-0.2, 0) is 16.1 Å². The second-order valence-corrected chi connectivity index (χ2v) is 3.29. The van der Waals surface area contributed by atoms with Crippen molar-refractivity contribution in [1.29, 1.82) is 0 Å². The predicted molar refractivity (Wildman–Crippen MR) is 56.5 cm³/mol. The molecule has 15 heavy (non-hydrogen) atoms. The quantitative estimate of drug-likeness (QED) is 0.690. The number of aromatic nitrogens is 2. The summed E-state index contributed by atoms with van der Waals surface area (Å²) >= 11 is 0. The highest BCUT2D eigenvalue weighted by Crippen LogP contribution is 1.97. The highest BCUT2D eigenvalue weighted by atomic mass is 16.5. The summed E-state index contributed by atoms with van der Waals surface area (Å²) in [6.45, 7) is 3.70. The Kier molecular flexibility index (Phi) is 4.83. The zero-order valence-electron chi connectivity index (χ0n) is 9.19. The number of nitrogens with zero attached hydrogens (tertiary/aromatic N) is 2. The maximum absolute atomic E-state index is 11.3. The minimum absolute atomic E-state index is 0.0296. The van der Waals surface area contributed by atoms with Crippen molar-refractivity contribution in [2.75, 3.05) is 20.3 Å². The highest BCUT2D eigenvalue weighted by molar-refractivity contribution is 5.75. The molecule has 0 unspecified atom stereocenters. The van der Waals surface area contributed by atoms with Gasteiger partial charge in [-0.05, 0) is 13.0 Å². The molecule has 1 rings (SSSR count). The van der Waals surface area contributed by atoms with Crippen LogP contribution in [-0.4, -0.2) is 35.9 Å². The Bertz CT molecular complexity index is 309. The predicted octanol–water partition coefficient (Wildman–Crippen LogP) is 0.344. The molecule has 0 aliphatic heterocycles. The van der Waals surface area contributed by atoms with E-state index < -0.39 is 0 Å². The molecule has 5 nitrogen and oxygen atoms in total. The SMILES string of the molecule is COCCNC(=O)CCn1nccc1C. The van der Waals surface area contributed by atoms with Crippen LogP contribution in [0.25, 0.3) is 0 Å². The van der Waals surface area contributed by atoms with E-state index in [1.165, 1.54) is 0 Å². The van der Waals surface area contributed by atoms with Gasteiger partial charge in [0.25, 0.3) is 0 Å². The molecule has 0 saturated heterocycles. The number of aryl methyl sites for hydroxylation is 2. The van der Waals surface area contributed by atoms with Crippen LogP contribution in [0.2, 0.25) is 0 Å². The molecular weight excluding hydrogens is 194 g/mol. The van der Waals surface area contributed by atoms with Crippen molar-refractivity contribution < 1.29 is 9.53 Å². The number of nitrogens with one attached hydrogen (secondary N) is 1. The van der Waals surface area contributed by atoms with Gasteiger partial charge in [-0.15, -0.1) is 0 Å². The molecule has 1 N–H and O–H groups in total. The Balaban J connectivity index is 2.20. The topological polar surface area (TPSA) is 56.1 Å². The van der Waals surface area contributed by atoms with E-state index in [0.29, 0.717) is 26.1 Å². The van der Waals surface area contributed by atoms with Gasteiger partial charge in [0.15, 0.2) is 0 Å². The number of carbonyl (C=O) groups is 1. The lowest BCUT2D eigenvalue weighted by Crippen LogP contribution is -2.27. The Labute approximate surface area is 89.4 Å². The number of rotatable bonds is 6. The summed E-state index contributed by atoms with van der Waals surface area (Å²) in [7, 11) is 1.61. The molecular formula is C10H17N3O2. The van der Waals surface area contributed by atoms with Crippen molar-refractivity contribution in [3.05, 3.63) is 18.0 Å². The van der Waals surface area contributed by atoms with Gasteiger partial charge >= 0.3 is 0 Å². The lowest BCUT2D eigenvalue weighted by atomic mass is 10.4. The van der Waals surface area contributed by atoms with E-state index in [-0.39, 0.29) is 5.91 Å². The number of carbonyl (C=O) groups excluding carboxylic acids is 1. The fraction of sp³-hybridized carbons (Fsp3) is 0.600. The van der Waals surface area contributed by atoms with Crippen LogP contribution in [0.4, 0.5) is 0 Å². The fourth-order valence-corrected chi connectivity index (χ4v) is 1.22. The minimum atomic E-state index is 0.0296. The summed E-state index contributed by atoms with van der Waals surface area (Å²) in [6.07, 6.45) is 2.18. The van der Waals surface area contributed by atoms with Crippen molar-refractivity contribution >= 4 is 5.91 Å². The summed E-state index contributed by atoms with van der Waals surface area (Å²) in [5.41, 5.74) is 1.07. The average Bonchev–Trinajstić information content (AvgIpc) is 2.61. The average molecular weight is 211 g/mol. The van der Waals surface area contributed by atoms with Crippen molar-refractivity contribution in [2.24, 2.45) is 0 Å². The van der Waals surface area contributed by atoms with Crippen LogP contribution in [0.5, 0.6) is 0 Å². The second-order valence-electron chi connectivity index (χ2n) is 3.29. The number of amides is 1. The van der Waals surface area contributed by atoms with Crippen LogP contribution in [0.1, 0.15) is 12.1 Å². The van der Waals surface area contributed by atoms with Gasteiger partial charge in [0.1, 0.15) is 0 Å². The van der Waals surface area contributed by atoms with E-state index in [2.05, 4.69) is 10.4 Å². The first kappa shape index (κ1) is 11.7. The molecule has 84 valence electrons. The van der Waals surface area contributed by atoms with Crippen molar-refractivity contribution in [2.45, 2.75) is 19.9 Å². The monoisotopic (exact) mass is 211 g/mol. The van der Waals surface area contributed by atoms with Gasteiger partial charge < -0.3 is 10.1 Å². The lowest BCUT2D eigenvalue weighted by Gasteiger charge is -2.05. The first-order valence-electron chi connectivity index (χ1n) is 4.98.